The second-order valence-electron chi connectivity index (χ2n) is 4.05. The highest BCUT2D eigenvalue weighted by atomic mass is 32.2. The van der Waals surface area contributed by atoms with Crippen LogP contribution in [0.3, 0.4) is 0 Å². The van der Waals surface area contributed by atoms with Gasteiger partial charge in [0.1, 0.15) is 6.54 Å². The number of carboxylic acids is 1. The quantitative estimate of drug-likeness (QED) is 0.682. The Morgan fingerprint density at radius 2 is 2.26 bits per heavy atom. The first kappa shape index (κ1) is 15.3. The van der Waals surface area contributed by atoms with Crippen LogP contribution >= 0.6 is 0 Å². The van der Waals surface area contributed by atoms with Crippen LogP contribution in [0.2, 0.25) is 0 Å². The second-order valence-corrected chi connectivity index (χ2v) is 5.86. The van der Waals surface area contributed by atoms with Crippen LogP contribution in [-0.4, -0.2) is 54.2 Å². The van der Waals surface area contributed by atoms with Crippen molar-refractivity contribution < 1.29 is 18.9 Å². The van der Waals surface area contributed by atoms with Gasteiger partial charge < -0.3 is 10.4 Å². The monoisotopic (exact) mass is 288 g/mol. The van der Waals surface area contributed by atoms with Crippen molar-refractivity contribution in [2.75, 3.05) is 12.8 Å². The van der Waals surface area contributed by atoms with Crippen LogP contribution in [0.1, 0.15) is 23.8 Å². The van der Waals surface area contributed by atoms with E-state index in [0.717, 1.165) is 4.68 Å². The fraction of sp³-hybridized carbons (Fsp3) is 0.600. The van der Waals surface area contributed by atoms with Crippen molar-refractivity contribution in [3.63, 3.8) is 0 Å². The van der Waals surface area contributed by atoms with Crippen molar-refractivity contribution in [3.8, 4) is 0 Å². The molecule has 0 spiro atoms. The van der Waals surface area contributed by atoms with E-state index in [0.29, 0.717) is 13.0 Å². The summed E-state index contributed by atoms with van der Waals surface area (Å²) in [6, 6.07) is 0. The number of rotatable bonds is 7. The van der Waals surface area contributed by atoms with Gasteiger partial charge in [0.2, 0.25) is 5.91 Å². The molecule has 0 radical (unpaired) electrons. The average Bonchev–Trinajstić information content (AvgIpc) is 2.77. The minimum absolute atomic E-state index is 0.0188. The maximum Gasteiger partial charge on any atom is 0.358 e. The SMILES string of the molecule is CC(CCNC(=O)Cn1cc(C(=O)O)nn1)S(C)=O. The lowest BCUT2D eigenvalue weighted by Gasteiger charge is -2.09. The normalized spacial score (nSPS) is 13.8. The number of carboxylic acid groups (broad SMARTS) is 1. The zero-order chi connectivity index (χ0) is 14.4. The first-order chi connectivity index (χ1) is 8.90. The van der Waals surface area contributed by atoms with Gasteiger partial charge in [0.05, 0.1) is 6.20 Å². The molecule has 2 unspecified atom stereocenters. The van der Waals surface area contributed by atoms with Gasteiger partial charge in [-0.1, -0.05) is 12.1 Å². The number of aromatic nitrogens is 3. The lowest BCUT2D eigenvalue weighted by Crippen LogP contribution is -2.30. The minimum Gasteiger partial charge on any atom is -0.476 e. The molecular formula is C10H16N4O4S. The maximum atomic E-state index is 11.5. The van der Waals surface area contributed by atoms with Crippen molar-refractivity contribution >= 4 is 22.7 Å². The molecule has 0 saturated heterocycles. The molecule has 1 aromatic heterocycles. The van der Waals surface area contributed by atoms with Crippen LogP contribution in [0.5, 0.6) is 0 Å². The number of nitrogens with zero attached hydrogens (tertiary/aromatic N) is 3. The zero-order valence-corrected chi connectivity index (χ0v) is 11.5. The topological polar surface area (TPSA) is 114 Å². The Bertz CT molecular complexity index is 488. The van der Waals surface area contributed by atoms with Gasteiger partial charge in [-0.25, -0.2) is 9.48 Å². The first-order valence-corrected chi connectivity index (χ1v) is 7.24. The van der Waals surface area contributed by atoms with Gasteiger partial charge in [0.25, 0.3) is 0 Å². The number of carbonyl (C=O) groups is 2. The molecule has 19 heavy (non-hydrogen) atoms. The largest absolute Gasteiger partial charge is 0.476 e. The van der Waals surface area contributed by atoms with Crippen molar-refractivity contribution in [1.82, 2.24) is 20.3 Å². The standard InChI is InChI=1S/C10H16N4O4S/c1-7(19(2)18)3-4-11-9(15)6-14-5-8(10(16)17)12-13-14/h5,7H,3-4,6H2,1-2H3,(H,11,15)(H,16,17). The van der Waals surface area contributed by atoms with Crippen molar-refractivity contribution in [1.29, 1.82) is 0 Å². The van der Waals surface area contributed by atoms with E-state index in [4.69, 9.17) is 5.11 Å². The summed E-state index contributed by atoms with van der Waals surface area (Å²) in [5, 5.41) is 18.2. The van der Waals surface area contributed by atoms with Gasteiger partial charge in [0, 0.05) is 28.9 Å². The number of nitrogens with one attached hydrogen (secondary N) is 1. The van der Waals surface area contributed by atoms with Crippen LogP contribution in [-0.2, 0) is 22.1 Å². The molecule has 1 aromatic rings. The van der Waals surface area contributed by atoms with E-state index < -0.39 is 16.8 Å². The molecular weight excluding hydrogens is 272 g/mol. The summed E-state index contributed by atoms with van der Waals surface area (Å²) in [6.07, 6.45) is 3.42. The van der Waals surface area contributed by atoms with E-state index in [1.807, 2.05) is 6.92 Å². The molecule has 1 rings (SSSR count). The predicted octanol–water partition coefficient (Wildman–Crippen LogP) is -0.750. The van der Waals surface area contributed by atoms with Crippen LogP contribution in [0.4, 0.5) is 0 Å². The van der Waals surface area contributed by atoms with Crippen LogP contribution in [0, 0.1) is 0 Å². The van der Waals surface area contributed by atoms with E-state index in [-0.39, 0.29) is 23.4 Å². The Hall–Kier alpha value is -1.77. The molecule has 0 fully saturated rings. The zero-order valence-electron chi connectivity index (χ0n) is 10.7. The smallest absolute Gasteiger partial charge is 0.358 e. The highest BCUT2D eigenvalue weighted by Gasteiger charge is 2.11. The summed E-state index contributed by atoms with van der Waals surface area (Å²) < 4.78 is 12.3. The van der Waals surface area contributed by atoms with Gasteiger partial charge in [-0.3, -0.25) is 9.00 Å². The fourth-order valence-electron chi connectivity index (χ4n) is 1.26. The molecule has 1 amide bonds. The highest BCUT2D eigenvalue weighted by Crippen LogP contribution is 1.97. The molecule has 2 atom stereocenters. The van der Waals surface area contributed by atoms with E-state index in [1.54, 1.807) is 6.26 Å². The second kappa shape index (κ2) is 6.98. The molecule has 0 saturated carbocycles. The molecule has 0 aliphatic heterocycles. The predicted molar refractivity (Wildman–Crippen MR) is 68.1 cm³/mol. The third-order valence-electron chi connectivity index (χ3n) is 2.50. The number of hydrogen-bond donors (Lipinski definition) is 2. The lowest BCUT2D eigenvalue weighted by molar-refractivity contribution is -0.121. The number of aromatic carboxylic acids is 1. The number of hydrogen-bond acceptors (Lipinski definition) is 5. The molecule has 1 heterocycles. The van der Waals surface area contributed by atoms with E-state index in [1.165, 1.54) is 6.20 Å². The summed E-state index contributed by atoms with van der Waals surface area (Å²) in [7, 11) is -0.909. The lowest BCUT2D eigenvalue weighted by atomic mass is 10.3. The summed E-state index contributed by atoms with van der Waals surface area (Å²) >= 11 is 0. The summed E-state index contributed by atoms with van der Waals surface area (Å²) in [6.45, 7) is 2.17. The van der Waals surface area contributed by atoms with Crippen molar-refractivity contribution in [2.24, 2.45) is 0 Å². The van der Waals surface area contributed by atoms with Gasteiger partial charge in [-0.2, -0.15) is 0 Å². The molecule has 0 bridgehead atoms. The van der Waals surface area contributed by atoms with E-state index >= 15 is 0 Å². The van der Waals surface area contributed by atoms with Gasteiger partial charge in [-0.05, 0) is 6.42 Å². The third kappa shape index (κ3) is 5.16. The van der Waals surface area contributed by atoms with Gasteiger partial charge in [0.15, 0.2) is 5.69 Å². The number of carbonyl (C=O) groups excluding carboxylic acids is 1. The Kier molecular flexibility index (Phi) is 5.61. The van der Waals surface area contributed by atoms with E-state index in [2.05, 4.69) is 15.6 Å². The molecule has 0 aliphatic rings. The maximum absolute atomic E-state index is 11.5. The summed E-state index contributed by atoms with van der Waals surface area (Å²) in [5.41, 5.74) is -0.206. The molecule has 8 nitrogen and oxygen atoms in total. The van der Waals surface area contributed by atoms with Crippen LogP contribution in [0.25, 0.3) is 0 Å². The summed E-state index contributed by atoms with van der Waals surface area (Å²) in [5.74, 6) is -1.48. The summed E-state index contributed by atoms with van der Waals surface area (Å²) in [4.78, 5) is 22.1. The minimum atomic E-state index is -1.19. The van der Waals surface area contributed by atoms with Crippen molar-refractivity contribution in [3.05, 3.63) is 11.9 Å². The third-order valence-corrected chi connectivity index (χ3v) is 3.87. The highest BCUT2D eigenvalue weighted by molar-refractivity contribution is 7.84. The van der Waals surface area contributed by atoms with Crippen LogP contribution in [0.15, 0.2) is 6.20 Å². The number of amides is 1. The fourth-order valence-corrected chi connectivity index (χ4v) is 1.71. The Balaban J connectivity index is 2.34. The molecule has 0 aromatic carbocycles. The Morgan fingerprint density at radius 3 is 2.79 bits per heavy atom. The molecule has 9 heteroatoms. The Labute approximate surface area is 112 Å². The first-order valence-electron chi connectivity index (χ1n) is 5.62. The van der Waals surface area contributed by atoms with E-state index in [9.17, 15) is 13.8 Å². The molecule has 2 N–H and O–H groups in total. The Morgan fingerprint density at radius 1 is 1.58 bits per heavy atom. The average molecular weight is 288 g/mol. The van der Waals surface area contributed by atoms with Crippen LogP contribution < -0.4 is 5.32 Å². The van der Waals surface area contributed by atoms with Crippen molar-refractivity contribution in [2.45, 2.75) is 25.1 Å². The molecule has 0 aliphatic carbocycles. The van der Waals surface area contributed by atoms with Gasteiger partial charge >= 0.3 is 5.97 Å². The van der Waals surface area contributed by atoms with Gasteiger partial charge in [-0.15, -0.1) is 5.10 Å². The molecule has 106 valence electrons.